The van der Waals surface area contributed by atoms with Gasteiger partial charge in [0.05, 0.1) is 11.5 Å². The van der Waals surface area contributed by atoms with Crippen LogP contribution in [0.3, 0.4) is 0 Å². The number of hydrogen-bond donors (Lipinski definition) is 2. The Morgan fingerprint density at radius 1 is 1.06 bits per heavy atom. The summed E-state index contributed by atoms with van der Waals surface area (Å²) in [6.45, 7) is 1.16. The number of non-ortho nitro benzene ring substituents is 1. The second-order valence-corrected chi connectivity index (χ2v) is 7.94. The van der Waals surface area contributed by atoms with Crippen LogP contribution in [0.25, 0.3) is 0 Å². The fourth-order valence-electron chi connectivity index (χ4n) is 3.92. The van der Waals surface area contributed by atoms with Crippen LogP contribution in [-0.4, -0.2) is 28.5 Å². The maximum absolute atomic E-state index is 10.9. The Morgan fingerprint density at radius 3 is 2.55 bits per heavy atom. The lowest BCUT2D eigenvalue weighted by atomic mass is 9.88. The van der Waals surface area contributed by atoms with Crippen molar-refractivity contribution in [3.63, 3.8) is 0 Å². The molecule has 172 valence electrons. The van der Waals surface area contributed by atoms with E-state index in [-0.39, 0.29) is 34.6 Å². The van der Waals surface area contributed by atoms with Crippen molar-refractivity contribution in [2.75, 3.05) is 6.54 Å². The Morgan fingerprint density at radius 2 is 1.82 bits per heavy atom. The molecule has 2 aromatic carbocycles. The van der Waals surface area contributed by atoms with Gasteiger partial charge in [0.25, 0.3) is 5.69 Å². The van der Waals surface area contributed by atoms with Crippen LogP contribution < -0.4 is 10.6 Å². The Kier molecular flexibility index (Phi) is 9.17. The molecule has 1 atom stereocenters. The molecule has 0 saturated carbocycles. The van der Waals surface area contributed by atoms with Crippen LogP contribution >= 0.6 is 24.0 Å². The van der Waals surface area contributed by atoms with Gasteiger partial charge in [0.1, 0.15) is 0 Å². The molecule has 0 radical (unpaired) electrons. The molecular formula is C25H28IN5O2. The second-order valence-electron chi connectivity index (χ2n) is 7.94. The summed E-state index contributed by atoms with van der Waals surface area (Å²) in [5.41, 5.74) is 4.86. The fraction of sp³-hybridized carbons (Fsp3) is 0.280. The van der Waals surface area contributed by atoms with Crippen molar-refractivity contribution in [3.8, 4) is 0 Å². The van der Waals surface area contributed by atoms with Gasteiger partial charge in [-0.1, -0.05) is 42.5 Å². The van der Waals surface area contributed by atoms with Crippen LogP contribution in [0.5, 0.6) is 0 Å². The Bertz CT molecular complexity index is 1070. The van der Waals surface area contributed by atoms with E-state index in [1.54, 1.807) is 18.3 Å². The van der Waals surface area contributed by atoms with Crippen molar-refractivity contribution >= 4 is 35.6 Å². The minimum Gasteiger partial charge on any atom is -0.356 e. The smallest absolute Gasteiger partial charge is 0.269 e. The number of nitrogens with one attached hydrogen (secondary N) is 2. The Balaban J connectivity index is 0.00000306. The van der Waals surface area contributed by atoms with Gasteiger partial charge >= 0.3 is 0 Å². The number of guanidine groups is 1. The van der Waals surface area contributed by atoms with Gasteiger partial charge in [-0.25, -0.2) is 4.99 Å². The quantitative estimate of drug-likeness (QED) is 0.147. The highest BCUT2D eigenvalue weighted by Crippen LogP contribution is 2.21. The third-order valence-corrected chi connectivity index (χ3v) is 5.65. The number of hydrogen-bond acceptors (Lipinski definition) is 4. The molecule has 0 spiro atoms. The number of nitro benzene ring substituents is 1. The van der Waals surface area contributed by atoms with Crippen LogP contribution in [0.1, 0.15) is 28.8 Å². The summed E-state index contributed by atoms with van der Waals surface area (Å²) in [6, 6.07) is 21.4. The molecule has 0 aliphatic heterocycles. The first-order valence-corrected chi connectivity index (χ1v) is 10.9. The van der Waals surface area contributed by atoms with Crippen LogP contribution in [-0.2, 0) is 25.8 Å². The van der Waals surface area contributed by atoms with Gasteiger partial charge in [0.2, 0.25) is 0 Å². The summed E-state index contributed by atoms with van der Waals surface area (Å²) in [5, 5.41) is 17.9. The molecule has 0 fully saturated rings. The van der Waals surface area contributed by atoms with E-state index >= 15 is 0 Å². The van der Waals surface area contributed by atoms with E-state index in [0.717, 1.165) is 42.9 Å². The molecule has 3 aromatic rings. The molecule has 1 aromatic heterocycles. The van der Waals surface area contributed by atoms with Gasteiger partial charge in [-0.3, -0.25) is 15.1 Å². The third-order valence-electron chi connectivity index (χ3n) is 5.65. The molecule has 0 bridgehead atoms. The first-order valence-electron chi connectivity index (χ1n) is 10.9. The normalized spacial score (nSPS) is 15.2. The summed E-state index contributed by atoms with van der Waals surface area (Å²) >= 11 is 0. The lowest BCUT2D eigenvalue weighted by Crippen LogP contribution is -2.46. The van der Waals surface area contributed by atoms with Crippen LogP contribution in [0.15, 0.2) is 77.9 Å². The van der Waals surface area contributed by atoms with Gasteiger partial charge in [0, 0.05) is 43.0 Å². The number of rotatable bonds is 7. The highest BCUT2D eigenvalue weighted by atomic mass is 127. The van der Waals surface area contributed by atoms with E-state index in [9.17, 15) is 10.1 Å². The molecule has 1 unspecified atom stereocenters. The van der Waals surface area contributed by atoms with Crippen molar-refractivity contribution in [1.82, 2.24) is 15.6 Å². The zero-order valence-electron chi connectivity index (χ0n) is 18.3. The maximum Gasteiger partial charge on any atom is 0.269 e. The average molecular weight is 557 g/mol. The topological polar surface area (TPSA) is 92.5 Å². The molecule has 33 heavy (non-hydrogen) atoms. The maximum atomic E-state index is 10.9. The highest BCUT2D eigenvalue weighted by Gasteiger charge is 2.19. The molecule has 8 heteroatoms. The molecule has 0 amide bonds. The first-order chi connectivity index (χ1) is 15.7. The van der Waals surface area contributed by atoms with Crippen molar-refractivity contribution in [1.29, 1.82) is 0 Å². The Hall–Kier alpha value is -3.01. The summed E-state index contributed by atoms with van der Waals surface area (Å²) in [4.78, 5) is 19.6. The SMILES string of the molecule is I.O=[N+]([O-])c1ccc(CN=C(NCCc2ccccn2)NC2CCc3ccccc3C2)cc1. The van der Waals surface area contributed by atoms with Gasteiger partial charge < -0.3 is 10.6 Å². The predicted molar refractivity (Wildman–Crippen MR) is 141 cm³/mol. The number of halogens is 1. The number of pyridine rings is 1. The lowest BCUT2D eigenvalue weighted by molar-refractivity contribution is -0.384. The van der Waals surface area contributed by atoms with Gasteiger partial charge in [-0.15, -0.1) is 24.0 Å². The van der Waals surface area contributed by atoms with E-state index in [1.165, 1.54) is 23.3 Å². The number of benzene rings is 2. The zero-order chi connectivity index (χ0) is 22.2. The highest BCUT2D eigenvalue weighted by molar-refractivity contribution is 14.0. The summed E-state index contributed by atoms with van der Waals surface area (Å²) < 4.78 is 0. The average Bonchev–Trinajstić information content (AvgIpc) is 2.83. The van der Waals surface area contributed by atoms with E-state index in [4.69, 9.17) is 4.99 Å². The van der Waals surface area contributed by atoms with Crippen LogP contribution in [0.2, 0.25) is 0 Å². The summed E-state index contributed by atoms with van der Waals surface area (Å²) in [7, 11) is 0. The zero-order valence-corrected chi connectivity index (χ0v) is 20.6. The van der Waals surface area contributed by atoms with E-state index in [0.29, 0.717) is 19.1 Å². The van der Waals surface area contributed by atoms with E-state index in [2.05, 4.69) is 39.9 Å². The van der Waals surface area contributed by atoms with Gasteiger partial charge in [0.15, 0.2) is 5.96 Å². The third kappa shape index (κ3) is 7.24. The molecule has 1 aliphatic rings. The van der Waals surface area contributed by atoms with Crippen molar-refractivity contribution in [2.45, 2.75) is 38.3 Å². The molecule has 1 aliphatic carbocycles. The molecule has 1 heterocycles. The summed E-state index contributed by atoms with van der Waals surface area (Å²) in [5.74, 6) is 0.753. The van der Waals surface area contributed by atoms with Crippen molar-refractivity contribution < 1.29 is 4.92 Å². The number of nitro groups is 1. The number of aliphatic imine (C=N–C) groups is 1. The standard InChI is InChI=1S/C25H27N5O2.HI/c31-30(32)24-12-8-19(9-13-24)18-28-25(27-16-14-22-7-3-4-15-26-22)29-23-11-10-20-5-1-2-6-21(20)17-23;/h1-9,12-13,15,23H,10-11,14,16-18H2,(H2,27,28,29);1H. The molecule has 7 nitrogen and oxygen atoms in total. The lowest BCUT2D eigenvalue weighted by Gasteiger charge is -2.27. The minimum absolute atomic E-state index is 0. The molecular weight excluding hydrogens is 529 g/mol. The van der Waals surface area contributed by atoms with E-state index in [1.807, 2.05) is 18.2 Å². The number of nitrogens with zero attached hydrogens (tertiary/aromatic N) is 3. The Labute approximate surface area is 210 Å². The van der Waals surface area contributed by atoms with Crippen molar-refractivity contribution in [2.24, 2.45) is 4.99 Å². The van der Waals surface area contributed by atoms with Crippen LogP contribution in [0.4, 0.5) is 5.69 Å². The fourth-order valence-corrected chi connectivity index (χ4v) is 3.92. The second kappa shape index (κ2) is 12.3. The summed E-state index contributed by atoms with van der Waals surface area (Å²) in [6.07, 6.45) is 5.67. The molecule has 4 rings (SSSR count). The number of fused-ring (bicyclic) bond motifs is 1. The van der Waals surface area contributed by atoms with Crippen molar-refractivity contribution in [3.05, 3.63) is 105 Å². The molecule has 0 saturated heterocycles. The monoisotopic (exact) mass is 557 g/mol. The number of aromatic nitrogens is 1. The largest absolute Gasteiger partial charge is 0.356 e. The first kappa shape index (κ1) is 24.6. The van der Waals surface area contributed by atoms with Gasteiger partial charge in [-0.2, -0.15) is 0 Å². The van der Waals surface area contributed by atoms with Gasteiger partial charge in [-0.05, 0) is 48.1 Å². The molecule has 2 N–H and O–H groups in total. The van der Waals surface area contributed by atoms with Crippen LogP contribution in [0, 0.1) is 10.1 Å². The minimum atomic E-state index is -0.389. The number of aryl methyl sites for hydroxylation is 1. The predicted octanol–water partition coefficient (Wildman–Crippen LogP) is 4.44. The van der Waals surface area contributed by atoms with E-state index < -0.39 is 0 Å².